The standard InChI is InChI=1S/C13H15ClFN5OS/c1-13(2,3)20-12(17-18-19-20)22-7-11(21)16-10-5-4-8(15)6-9(10)14/h4-6H,7H2,1-3H3,(H,16,21). The smallest absolute Gasteiger partial charge is 0.234 e. The number of nitrogens with one attached hydrogen (secondary N) is 1. The van der Waals surface area contributed by atoms with Gasteiger partial charge in [-0.15, -0.1) is 5.10 Å². The Kier molecular flexibility index (Phi) is 5.02. The highest BCUT2D eigenvalue weighted by Crippen LogP contribution is 2.24. The van der Waals surface area contributed by atoms with Crippen molar-refractivity contribution >= 4 is 35.0 Å². The van der Waals surface area contributed by atoms with Crippen molar-refractivity contribution in [2.75, 3.05) is 11.1 Å². The largest absolute Gasteiger partial charge is 0.324 e. The molecule has 9 heteroatoms. The summed E-state index contributed by atoms with van der Waals surface area (Å²) in [6, 6.07) is 3.79. The maximum atomic E-state index is 12.9. The maximum absolute atomic E-state index is 12.9. The van der Waals surface area contributed by atoms with Gasteiger partial charge in [0.1, 0.15) is 5.82 Å². The molecule has 118 valence electrons. The van der Waals surface area contributed by atoms with Crippen LogP contribution in [0.15, 0.2) is 23.4 Å². The summed E-state index contributed by atoms with van der Waals surface area (Å²) in [4.78, 5) is 11.9. The van der Waals surface area contributed by atoms with Crippen LogP contribution < -0.4 is 5.32 Å². The van der Waals surface area contributed by atoms with Gasteiger partial charge in [0.2, 0.25) is 11.1 Å². The van der Waals surface area contributed by atoms with Gasteiger partial charge in [0, 0.05) is 0 Å². The lowest BCUT2D eigenvalue weighted by Crippen LogP contribution is -2.24. The van der Waals surface area contributed by atoms with Gasteiger partial charge >= 0.3 is 0 Å². The first-order chi connectivity index (χ1) is 10.3. The number of anilines is 1. The number of amides is 1. The molecule has 0 saturated heterocycles. The second-order valence-electron chi connectivity index (χ2n) is 5.51. The summed E-state index contributed by atoms with van der Waals surface area (Å²) < 4.78 is 14.6. The summed E-state index contributed by atoms with van der Waals surface area (Å²) in [6.07, 6.45) is 0. The van der Waals surface area contributed by atoms with Gasteiger partial charge in [-0.3, -0.25) is 4.79 Å². The van der Waals surface area contributed by atoms with Crippen molar-refractivity contribution in [3.8, 4) is 0 Å². The van der Waals surface area contributed by atoms with Crippen molar-refractivity contribution in [3.63, 3.8) is 0 Å². The lowest BCUT2D eigenvalue weighted by atomic mass is 10.1. The first-order valence-electron chi connectivity index (χ1n) is 6.44. The van der Waals surface area contributed by atoms with Crippen LogP contribution in [0.1, 0.15) is 20.8 Å². The molecule has 2 aromatic rings. The van der Waals surface area contributed by atoms with E-state index in [1.165, 1.54) is 23.9 Å². The average molecular weight is 344 g/mol. The van der Waals surface area contributed by atoms with Crippen LogP contribution in [0.3, 0.4) is 0 Å². The van der Waals surface area contributed by atoms with E-state index in [4.69, 9.17) is 11.6 Å². The second kappa shape index (κ2) is 6.62. The third-order valence-corrected chi connectivity index (χ3v) is 3.85. The Morgan fingerprint density at radius 2 is 2.18 bits per heavy atom. The summed E-state index contributed by atoms with van der Waals surface area (Å²) in [5.74, 6) is -0.617. The minimum absolute atomic E-state index is 0.115. The fraction of sp³-hybridized carbons (Fsp3) is 0.385. The summed E-state index contributed by atoms with van der Waals surface area (Å²) >= 11 is 7.07. The van der Waals surface area contributed by atoms with Gasteiger partial charge in [-0.05, 0) is 49.4 Å². The Morgan fingerprint density at radius 1 is 1.45 bits per heavy atom. The number of thioether (sulfide) groups is 1. The van der Waals surface area contributed by atoms with Crippen LogP contribution in [-0.2, 0) is 10.3 Å². The molecule has 0 radical (unpaired) electrons. The van der Waals surface area contributed by atoms with E-state index >= 15 is 0 Å². The van der Waals surface area contributed by atoms with E-state index in [-0.39, 0.29) is 22.2 Å². The average Bonchev–Trinajstić information content (AvgIpc) is 2.88. The number of carbonyl (C=O) groups is 1. The number of rotatable bonds is 4. The molecule has 0 saturated carbocycles. The van der Waals surface area contributed by atoms with Crippen LogP contribution in [0.4, 0.5) is 10.1 Å². The molecule has 0 spiro atoms. The van der Waals surface area contributed by atoms with Gasteiger partial charge in [0.15, 0.2) is 0 Å². The van der Waals surface area contributed by atoms with Gasteiger partial charge in [0.05, 0.1) is 22.0 Å². The van der Waals surface area contributed by atoms with E-state index in [0.717, 1.165) is 6.07 Å². The minimum atomic E-state index is -0.457. The van der Waals surface area contributed by atoms with Crippen LogP contribution >= 0.6 is 23.4 Å². The van der Waals surface area contributed by atoms with Crippen LogP contribution in [0.2, 0.25) is 5.02 Å². The van der Waals surface area contributed by atoms with Crippen molar-refractivity contribution in [2.24, 2.45) is 0 Å². The molecule has 2 rings (SSSR count). The molecule has 1 N–H and O–H groups in total. The summed E-state index contributed by atoms with van der Waals surface area (Å²) in [7, 11) is 0. The number of tetrazole rings is 1. The van der Waals surface area contributed by atoms with Crippen molar-refractivity contribution in [3.05, 3.63) is 29.0 Å². The number of hydrogen-bond donors (Lipinski definition) is 1. The minimum Gasteiger partial charge on any atom is -0.324 e. The van der Waals surface area contributed by atoms with Crippen LogP contribution in [0.25, 0.3) is 0 Å². The Hall–Kier alpha value is -1.67. The van der Waals surface area contributed by atoms with Crippen molar-refractivity contribution in [1.29, 1.82) is 0 Å². The first-order valence-corrected chi connectivity index (χ1v) is 7.80. The number of carbonyl (C=O) groups excluding carboxylic acids is 1. The van der Waals surface area contributed by atoms with E-state index in [2.05, 4.69) is 20.8 Å². The van der Waals surface area contributed by atoms with E-state index in [1.54, 1.807) is 4.68 Å². The molecule has 1 heterocycles. The summed E-state index contributed by atoms with van der Waals surface area (Å²) in [6.45, 7) is 5.89. The Balaban J connectivity index is 1.98. The Labute approximate surface area is 136 Å². The normalized spacial score (nSPS) is 11.5. The van der Waals surface area contributed by atoms with Gasteiger partial charge in [-0.1, -0.05) is 23.4 Å². The quantitative estimate of drug-likeness (QED) is 0.864. The molecule has 0 unspecified atom stereocenters. The van der Waals surface area contributed by atoms with Crippen LogP contribution in [0.5, 0.6) is 0 Å². The SMILES string of the molecule is CC(C)(C)n1nnnc1SCC(=O)Nc1ccc(F)cc1Cl. The van der Waals surface area contributed by atoms with Crippen molar-refractivity contribution < 1.29 is 9.18 Å². The third-order valence-electron chi connectivity index (χ3n) is 2.61. The van der Waals surface area contributed by atoms with E-state index in [0.29, 0.717) is 10.8 Å². The summed E-state index contributed by atoms with van der Waals surface area (Å²) in [5, 5.41) is 14.8. The van der Waals surface area contributed by atoms with E-state index in [1.807, 2.05) is 20.8 Å². The molecule has 0 aliphatic rings. The monoisotopic (exact) mass is 343 g/mol. The van der Waals surface area contributed by atoms with Crippen LogP contribution in [0, 0.1) is 5.82 Å². The molecular formula is C13H15ClFN5OS. The highest BCUT2D eigenvalue weighted by Gasteiger charge is 2.20. The van der Waals surface area contributed by atoms with Crippen molar-refractivity contribution in [2.45, 2.75) is 31.5 Å². The Bertz CT molecular complexity index is 685. The van der Waals surface area contributed by atoms with Crippen molar-refractivity contribution in [1.82, 2.24) is 20.2 Å². The fourth-order valence-electron chi connectivity index (χ4n) is 1.60. The van der Waals surface area contributed by atoms with Gasteiger partial charge in [-0.25, -0.2) is 9.07 Å². The fourth-order valence-corrected chi connectivity index (χ4v) is 2.67. The molecule has 1 aromatic heterocycles. The van der Waals surface area contributed by atoms with E-state index in [9.17, 15) is 9.18 Å². The molecular weight excluding hydrogens is 329 g/mol. The summed E-state index contributed by atoms with van der Waals surface area (Å²) in [5.41, 5.74) is 0.0897. The zero-order valence-corrected chi connectivity index (χ0v) is 13.9. The highest BCUT2D eigenvalue weighted by molar-refractivity contribution is 7.99. The predicted octanol–water partition coefficient (Wildman–Crippen LogP) is 2.95. The lowest BCUT2D eigenvalue weighted by molar-refractivity contribution is -0.113. The first kappa shape index (κ1) is 16.7. The predicted molar refractivity (Wildman–Crippen MR) is 83.6 cm³/mol. The Morgan fingerprint density at radius 3 is 2.82 bits per heavy atom. The third kappa shape index (κ3) is 4.17. The lowest BCUT2D eigenvalue weighted by Gasteiger charge is -2.19. The highest BCUT2D eigenvalue weighted by atomic mass is 35.5. The number of nitrogens with zero attached hydrogens (tertiary/aromatic N) is 4. The molecule has 22 heavy (non-hydrogen) atoms. The zero-order valence-electron chi connectivity index (χ0n) is 12.3. The molecule has 0 aliphatic heterocycles. The zero-order chi connectivity index (χ0) is 16.3. The topological polar surface area (TPSA) is 72.7 Å². The molecule has 0 aliphatic carbocycles. The molecule has 6 nitrogen and oxygen atoms in total. The molecule has 1 aromatic carbocycles. The number of halogens is 2. The number of hydrogen-bond acceptors (Lipinski definition) is 5. The van der Waals surface area contributed by atoms with Gasteiger partial charge < -0.3 is 5.32 Å². The number of aromatic nitrogens is 4. The molecule has 0 atom stereocenters. The maximum Gasteiger partial charge on any atom is 0.234 e. The van der Waals surface area contributed by atoms with Gasteiger partial charge in [-0.2, -0.15) is 0 Å². The van der Waals surface area contributed by atoms with E-state index < -0.39 is 5.82 Å². The number of benzene rings is 1. The van der Waals surface area contributed by atoms with Crippen LogP contribution in [-0.4, -0.2) is 31.9 Å². The molecule has 1 amide bonds. The molecule has 0 bridgehead atoms. The second-order valence-corrected chi connectivity index (χ2v) is 6.85. The van der Waals surface area contributed by atoms with Gasteiger partial charge in [0.25, 0.3) is 0 Å². The molecule has 0 fully saturated rings.